The highest BCUT2D eigenvalue weighted by Gasteiger charge is 2.32. The monoisotopic (exact) mass is 250 g/mol. The SMILES string of the molecule is COc1cccc(NC2(CO)CCN(C)CC2)c1. The number of aliphatic hydroxyl groups excluding tert-OH is 1. The van der Waals surface area contributed by atoms with E-state index in [1.807, 2.05) is 24.3 Å². The number of piperidine rings is 1. The van der Waals surface area contributed by atoms with Gasteiger partial charge in [0.05, 0.1) is 19.3 Å². The third-order valence-electron chi connectivity index (χ3n) is 3.73. The number of aliphatic hydroxyl groups is 1. The number of nitrogens with zero attached hydrogens (tertiary/aromatic N) is 1. The molecule has 0 unspecified atom stereocenters. The lowest BCUT2D eigenvalue weighted by molar-refractivity contribution is 0.133. The number of ether oxygens (including phenoxy) is 1. The van der Waals surface area contributed by atoms with Crippen LogP contribution in [0.1, 0.15) is 12.8 Å². The second kappa shape index (κ2) is 5.59. The molecule has 4 heteroatoms. The number of anilines is 1. The summed E-state index contributed by atoms with van der Waals surface area (Å²) in [4.78, 5) is 2.29. The van der Waals surface area contributed by atoms with Crippen molar-refractivity contribution in [2.75, 3.05) is 39.2 Å². The van der Waals surface area contributed by atoms with Gasteiger partial charge in [0.25, 0.3) is 0 Å². The summed E-state index contributed by atoms with van der Waals surface area (Å²) in [6, 6.07) is 7.86. The molecule has 1 heterocycles. The first-order valence-corrected chi connectivity index (χ1v) is 6.39. The van der Waals surface area contributed by atoms with Crippen LogP contribution >= 0.6 is 0 Å². The first kappa shape index (κ1) is 13.2. The number of rotatable bonds is 4. The van der Waals surface area contributed by atoms with Crippen LogP contribution in [0.25, 0.3) is 0 Å². The molecule has 1 aliphatic heterocycles. The van der Waals surface area contributed by atoms with Crippen LogP contribution in [0.2, 0.25) is 0 Å². The van der Waals surface area contributed by atoms with Crippen molar-refractivity contribution in [1.29, 1.82) is 0 Å². The second-order valence-corrected chi connectivity index (χ2v) is 5.10. The Morgan fingerprint density at radius 2 is 2.11 bits per heavy atom. The van der Waals surface area contributed by atoms with E-state index in [4.69, 9.17) is 4.74 Å². The van der Waals surface area contributed by atoms with Crippen LogP contribution in [0.3, 0.4) is 0 Å². The standard InChI is InChI=1S/C14H22N2O2/c1-16-8-6-14(11-17,7-9-16)15-12-4-3-5-13(10-12)18-2/h3-5,10,15,17H,6-9,11H2,1-2H3. The lowest BCUT2D eigenvalue weighted by Crippen LogP contribution is -2.50. The van der Waals surface area contributed by atoms with Crippen LogP contribution in [0.4, 0.5) is 5.69 Å². The Morgan fingerprint density at radius 1 is 1.39 bits per heavy atom. The fraction of sp³-hybridized carbons (Fsp3) is 0.571. The van der Waals surface area contributed by atoms with Crippen molar-refractivity contribution in [1.82, 2.24) is 4.90 Å². The summed E-state index contributed by atoms with van der Waals surface area (Å²) >= 11 is 0. The van der Waals surface area contributed by atoms with Crippen molar-refractivity contribution in [2.45, 2.75) is 18.4 Å². The zero-order valence-electron chi connectivity index (χ0n) is 11.1. The van der Waals surface area contributed by atoms with Gasteiger partial charge in [-0.3, -0.25) is 0 Å². The topological polar surface area (TPSA) is 44.7 Å². The zero-order chi connectivity index (χ0) is 13.0. The molecule has 1 saturated heterocycles. The minimum absolute atomic E-state index is 0.165. The molecule has 2 rings (SSSR count). The number of likely N-dealkylation sites (tertiary alicyclic amines) is 1. The van der Waals surface area contributed by atoms with Crippen LogP contribution in [0.15, 0.2) is 24.3 Å². The lowest BCUT2D eigenvalue weighted by atomic mass is 9.88. The average Bonchev–Trinajstić information content (AvgIpc) is 2.42. The molecule has 0 bridgehead atoms. The first-order chi connectivity index (χ1) is 8.67. The molecule has 100 valence electrons. The Morgan fingerprint density at radius 3 is 2.72 bits per heavy atom. The van der Waals surface area contributed by atoms with E-state index < -0.39 is 0 Å². The highest BCUT2D eigenvalue weighted by molar-refractivity contribution is 5.50. The van der Waals surface area contributed by atoms with Gasteiger partial charge in [0.1, 0.15) is 5.75 Å². The van der Waals surface area contributed by atoms with E-state index in [0.717, 1.165) is 37.4 Å². The summed E-state index contributed by atoms with van der Waals surface area (Å²) in [6.45, 7) is 2.19. The van der Waals surface area contributed by atoms with Crippen LogP contribution < -0.4 is 10.1 Å². The molecule has 0 aliphatic carbocycles. The molecule has 0 aromatic heterocycles. The van der Waals surface area contributed by atoms with E-state index in [1.54, 1.807) is 7.11 Å². The van der Waals surface area contributed by atoms with Crippen LogP contribution in [-0.2, 0) is 0 Å². The minimum Gasteiger partial charge on any atom is -0.497 e. The fourth-order valence-electron chi connectivity index (χ4n) is 2.38. The maximum absolute atomic E-state index is 9.70. The van der Waals surface area contributed by atoms with Gasteiger partial charge in [0, 0.05) is 24.8 Å². The van der Waals surface area contributed by atoms with Gasteiger partial charge in [-0.05, 0) is 32.0 Å². The number of methoxy groups -OCH3 is 1. The van der Waals surface area contributed by atoms with Crippen molar-refractivity contribution in [3.63, 3.8) is 0 Å². The predicted molar refractivity (Wildman–Crippen MR) is 73.2 cm³/mol. The number of nitrogens with one attached hydrogen (secondary N) is 1. The molecular formula is C14H22N2O2. The van der Waals surface area contributed by atoms with Gasteiger partial charge in [0.2, 0.25) is 0 Å². The maximum Gasteiger partial charge on any atom is 0.120 e. The van der Waals surface area contributed by atoms with Crippen molar-refractivity contribution in [3.8, 4) is 5.75 Å². The Hall–Kier alpha value is -1.26. The first-order valence-electron chi connectivity index (χ1n) is 6.39. The van der Waals surface area contributed by atoms with Crippen LogP contribution in [0.5, 0.6) is 5.75 Å². The van der Waals surface area contributed by atoms with Gasteiger partial charge in [-0.15, -0.1) is 0 Å². The van der Waals surface area contributed by atoms with Crippen LogP contribution in [0, 0.1) is 0 Å². The van der Waals surface area contributed by atoms with Gasteiger partial charge in [-0.25, -0.2) is 0 Å². The van der Waals surface area contributed by atoms with Crippen molar-refractivity contribution in [2.24, 2.45) is 0 Å². The smallest absolute Gasteiger partial charge is 0.120 e. The molecule has 2 N–H and O–H groups in total. The van der Waals surface area contributed by atoms with Gasteiger partial charge in [0.15, 0.2) is 0 Å². The third-order valence-corrected chi connectivity index (χ3v) is 3.73. The molecule has 0 atom stereocenters. The molecule has 1 aromatic rings. The van der Waals surface area contributed by atoms with Gasteiger partial charge in [-0.1, -0.05) is 6.07 Å². The lowest BCUT2D eigenvalue weighted by Gasteiger charge is -2.40. The summed E-state index contributed by atoms with van der Waals surface area (Å²) in [5.74, 6) is 0.834. The van der Waals surface area contributed by atoms with E-state index in [-0.39, 0.29) is 12.1 Å². The molecule has 18 heavy (non-hydrogen) atoms. The van der Waals surface area contributed by atoms with Crippen molar-refractivity contribution >= 4 is 5.69 Å². The quantitative estimate of drug-likeness (QED) is 0.851. The summed E-state index contributed by atoms with van der Waals surface area (Å²) < 4.78 is 5.22. The normalized spacial score (nSPS) is 19.5. The van der Waals surface area contributed by atoms with Crippen molar-refractivity contribution < 1.29 is 9.84 Å². The molecule has 0 spiro atoms. The Bertz CT molecular complexity index is 387. The van der Waals surface area contributed by atoms with E-state index in [9.17, 15) is 5.11 Å². The van der Waals surface area contributed by atoms with Crippen molar-refractivity contribution in [3.05, 3.63) is 24.3 Å². The second-order valence-electron chi connectivity index (χ2n) is 5.10. The molecule has 1 aromatic carbocycles. The van der Waals surface area contributed by atoms with Crippen LogP contribution in [-0.4, -0.2) is 49.4 Å². The zero-order valence-corrected chi connectivity index (χ0v) is 11.1. The van der Waals surface area contributed by atoms with E-state index in [2.05, 4.69) is 17.3 Å². The molecule has 0 radical (unpaired) electrons. The molecule has 0 saturated carbocycles. The van der Waals surface area contributed by atoms with E-state index in [0.29, 0.717) is 0 Å². The Kier molecular flexibility index (Phi) is 4.09. The number of hydrogen-bond donors (Lipinski definition) is 2. The molecule has 1 aliphatic rings. The number of benzene rings is 1. The van der Waals surface area contributed by atoms with E-state index in [1.165, 1.54) is 0 Å². The predicted octanol–water partition coefficient (Wildman–Crippen LogP) is 1.56. The Balaban J connectivity index is 2.09. The highest BCUT2D eigenvalue weighted by Crippen LogP contribution is 2.27. The van der Waals surface area contributed by atoms with Gasteiger partial charge in [-0.2, -0.15) is 0 Å². The summed E-state index contributed by atoms with van der Waals surface area (Å²) in [5.41, 5.74) is 0.812. The maximum atomic E-state index is 9.70. The third kappa shape index (κ3) is 2.94. The largest absolute Gasteiger partial charge is 0.497 e. The number of hydrogen-bond acceptors (Lipinski definition) is 4. The summed E-state index contributed by atoms with van der Waals surface area (Å²) in [6.07, 6.45) is 1.91. The minimum atomic E-state index is -0.196. The molecule has 0 amide bonds. The van der Waals surface area contributed by atoms with E-state index >= 15 is 0 Å². The van der Waals surface area contributed by atoms with Gasteiger partial charge >= 0.3 is 0 Å². The molecule has 4 nitrogen and oxygen atoms in total. The summed E-state index contributed by atoms with van der Waals surface area (Å²) in [5, 5.41) is 13.2. The fourth-order valence-corrected chi connectivity index (χ4v) is 2.38. The average molecular weight is 250 g/mol. The van der Waals surface area contributed by atoms with Gasteiger partial charge < -0.3 is 20.1 Å². The highest BCUT2D eigenvalue weighted by atomic mass is 16.5. The molecule has 1 fully saturated rings. The Labute approximate surface area is 109 Å². The summed E-state index contributed by atoms with van der Waals surface area (Å²) in [7, 11) is 3.78. The molecular weight excluding hydrogens is 228 g/mol.